The fraction of sp³-hybridized carbons (Fsp3) is 0.667. The van der Waals surface area contributed by atoms with Gasteiger partial charge in [-0.1, -0.05) is 13.3 Å². The Balaban J connectivity index is 1.84. The monoisotopic (exact) mass is 386 g/mol. The molecule has 0 amide bonds. The van der Waals surface area contributed by atoms with Crippen molar-refractivity contribution in [3.63, 3.8) is 0 Å². The number of hydrogen-bond acceptors (Lipinski definition) is 6. The van der Waals surface area contributed by atoms with Crippen LogP contribution in [0.3, 0.4) is 0 Å². The highest BCUT2D eigenvalue weighted by atomic mass is 32.2. The van der Waals surface area contributed by atoms with Crippen molar-refractivity contribution < 1.29 is 23.0 Å². The molecule has 8 heteroatoms. The lowest BCUT2D eigenvalue weighted by molar-refractivity contribution is 0.0661. The molecule has 0 radical (unpaired) electrons. The van der Waals surface area contributed by atoms with Crippen LogP contribution in [-0.2, 0) is 14.8 Å². The first kappa shape index (κ1) is 21.1. The molecule has 26 heavy (non-hydrogen) atoms. The van der Waals surface area contributed by atoms with Crippen LogP contribution in [0.4, 0.5) is 0 Å². The van der Waals surface area contributed by atoms with E-state index in [0.717, 1.165) is 19.4 Å². The van der Waals surface area contributed by atoms with Crippen molar-refractivity contribution >= 4 is 10.0 Å². The second-order valence-corrected chi connectivity index (χ2v) is 8.19. The van der Waals surface area contributed by atoms with Gasteiger partial charge in [0.15, 0.2) is 0 Å². The highest BCUT2D eigenvalue weighted by Crippen LogP contribution is 2.21. The third kappa shape index (κ3) is 6.21. The lowest BCUT2D eigenvalue weighted by atomic mass is 10.3. The first-order chi connectivity index (χ1) is 12.6. The molecule has 0 unspecified atom stereocenters. The molecule has 0 aromatic heterocycles. The summed E-state index contributed by atoms with van der Waals surface area (Å²) in [4.78, 5) is 2.48. The second-order valence-electron chi connectivity index (χ2n) is 6.26. The van der Waals surface area contributed by atoms with Crippen LogP contribution >= 0.6 is 0 Å². The molecule has 0 bridgehead atoms. The summed E-state index contributed by atoms with van der Waals surface area (Å²) >= 11 is 0. The summed E-state index contributed by atoms with van der Waals surface area (Å²) in [5.74, 6) is 0.699. The van der Waals surface area contributed by atoms with Gasteiger partial charge in [-0.3, -0.25) is 4.90 Å². The molecule has 1 N–H and O–H groups in total. The van der Waals surface area contributed by atoms with E-state index in [1.807, 2.05) is 0 Å². The van der Waals surface area contributed by atoms with Crippen LogP contribution in [0.25, 0.3) is 0 Å². The molecular formula is C18H30N2O5S. The van der Waals surface area contributed by atoms with Crippen molar-refractivity contribution in [3.8, 4) is 5.75 Å². The zero-order valence-corrected chi connectivity index (χ0v) is 16.3. The minimum atomic E-state index is -3.47. The molecule has 1 saturated heterocycles. The maximum Gasteiger partial charge on any atom is 0.243 e. The Morgan fingerprint density at radius 3 is 2.35 bits per heavy atom. The van der Waals surface area contributed by atoms with Crippen LogP contribution in [-0.4, -0.2) is 81.9 Å². The first-order valence-electron chi connectivity index (χ1n) is 9.22. The molecule has 1 aromatic rings. The molecular weight excluding hydrogens is 356 g/mol. The number of aliphatic hydroxyl groups excluding tert-OH is 1. The topological polar surface area (TPSA) is 79.3 Å². The van der Waals surface area contributed by atoms with Crippen molar-refractivity contribution in [2.75, 3.05) is 59.2 Å². The minimum Gasteiger partial charge on any atom is -0.494 e. The minimum absolute atomic E-state index is 0.0223. The molecule has 148 valence electrons. The van der Waals surface area contributed by atoms with E-state index < -0.39 is 10.0 Å². The summed E-state index contributed by atoms with van der Waals surface area (Å²) in [5.41, 5.74) is 0. The fourth-order valence-electron chi connectivity index (χ4n) is 2.75. The predicted molar refractivity (Wildman–Crippen MR) is 99.9 cm³/mol. The standard InChI is InChI=1S/C18H30N2O5S/c1-2-3-14-25-17-4-6-18(7-5-17)26(22,23)20-10-8-19(9-11-20)12-15-24-16-13-21/h4-7,21H,2-3,8-16H2,1H3. The summed E-state index contributed by atoms with van der Waals surface area (Å²) in [6.45, 7) is 6.70. The second kappa shape index (κ2) is 10.8. The normalized spacial score (nSPS) is 16.7. The Morgan fingerprint density at radius 1 is 1.04 bits per heavy atom. The lowest BCUT2D eigenvalue weighted by Gasteiger charge is -2.33. The molecule has 1 aliphatic rings. The Bertz CT molecular complexity index is 613. The summed E-state index contributed by atoms with van der Waals surface area (Å²) in [5, 5.41) is 8.69. The highest BCUT2D eigenvalue weighted by molar-refractivity contribution is 7.89. The maximum absolute atomic E-state index is 12.8. The molecule has 7 nitrogen and oxygen atoms in total. The number of hydrogen-bond donors (Lipinski definition) is 1. The molecule has 0 aliphatic carbocycles. The van der Waals surface area contributed by atoms with Crippen LogP contribution in [0.15, 0.2) is 29.2 Å². The smallest absolute Gasteiger partial charge is 0.243 e. The van der Waals surface area contributed by atoms with Crippen molar-refractivity contribution in [1.82, 2.24) is 9.21 Å². The van der Waals surface area contributed by atoms with Gasteiger partial charge in [-0.15, -0.1) is 0 Å². The van der Waals surface area contributed by atoms with E-state index in [2.05, 4.69) is 11.8 Å². The fourth-order valence-corrected chi connectivity index (χ4v) is 4.17. The largest absolute Gasteiger partial charge is 0.494 e. The number of unbranched alkanes of at least 4 members (excludes halogenated alkanes) is 1. The SMILES string of the molecule is CCCCOc1ccc(S(=O)(=O)N2CCN(CCOCCO)CC2)cc1. The number of sulfonamides is 1. The highest BCUT2D eigenvalue weighted by Gasteiger charge is 2.28. The van der Waals surface area contributed by atoms with Gasteiger partial charge < -0.3 is 14.6 Å². The van der Waals surface area contributed by atoms with E-state index in [9.17, 15) is 8.42 Å². The lowest BCUT2D eigenvalue weighted by Crippen LogP contribution is -2.49. The molecule has 0 saturated carbocycles. The van der Waals surface area contributed by atoms with E-state index in [-0.39, 0.29) is 6.61 Å². The molecule has 1 aromatic carbocycles. The number of rotatable bonds is 11. The van der Waals surface area contributed by atoms with E-state index >= 15 is 0 Å². The van der Waals surface area contributed by atoms with Gasteiger partial charge in [0.05, 0.1) is 31.3 Å². The van der Waals surface area contributed by atoms with E-state index in [4.69, 9.17) is 14.6 Å². The average molecular weight is 387 g/mol. The van der Waals surface area contributed by atoms with Crippen molar-refractivity contribution in [1.29, 1.82) is 0 Å². The average Bonchev–Trinajstić information content (AvgIpc) is 2.66. The van der Waals surface area contributed by atoms with E-state index in [1.54, 1.807) is 24.3 Å². The Morgan fingerprint density at radius 2 is 1.73 bits per heavy atom. The van der Waals surface area contributed by atoms with Gasteiger partial charge in [-0.25, -0.2) is 8.42 Å². The van der Waals surface area contributed by atoms with Gasteiger partial charge in [0.2, 0.25) is 10.0 Å². The number of nitrogens with zero attached hydrogens (tertiary/aromatic N) is 2. The van der Waals surface area contributed by atoms with Gasteiger partial charge in [-0.05, 0) is 30.7 Å². The Kier molecular flexibility index (Phi) is 8.80. The number of ether oxygens (including phenoxy) is 2. The molecule has 1 fully saturated rings. The summed E-state index contributed by atoms with van der Waals surface area (Å²) < 4.78 is 37.9. The van der Waals surface area contributed by atoms with Crippen molar-refractivity contribution in [3.05, 3.63) is 24.3 Å². The van der Waals surface area contributed by atoms with Gasteiger partial charge in [0.1, 0.15) is 5.75 Å². The van der Waals surface area contributed by atoms with Crippen molar-refractivity contribution in [2.45, 2.75) is 24.7 Å². The van der Waals surface area contributed by atoms with Gasteiger partial charge in [0, 0.05) is 32.7 Å². The van der Waals surface area contributed by atoms with Crippen LogP contribution < -0.4 is 4.74 Å². The van der Waals surface area contributed by atoms with Crippen LogP contribution in [0, 0.1) is 0 Å². The zero-order valence-electron chi connectivity index (χ0n) is 15.5. The van der Waals surface area contributed by atoms with Gasteiger partial charge in [0.25, 0.3) is 0 Å². The maximum atomic E-state index is 12.8. The summed E-state index contributed by atoms with van der Waals surface area (Å²) in [6, 6.07) is 6.67. The first-order valence-corrected chi connectivity index (χ1v) is 10.7. The van der Waals surface area contributed by atoms with Crippen LogP contribution in [0.2, 0.25) is 0 Å². The molecule has 1 aliphatic heterocycles. The zero-order chi connectivity index (χ0) is 18.8. The third-order valence-corrected chi connectivity index (χ3v) is 6.26. The third-order valence-electron chi connectivity index (χ3n) is 4.35. The van der Waals surface area contributed by atoms with E-state index in [0.29, 0.717) is 56.6 Å². The summed E-state index contributed by atoms with van der Waals surface area (Å²) in [6.07, 6.45) is 2.04. The summed E-state index contributed by atoms with van der Waals surface area (Å²) in [7, 11) is -3.47. The molecule has 0 atom stereocenters. The Hall–Kier alpha value is -1.19. The van der Waals surface area contributed by atoms with Crippen molar-refractivity contribution in [2.24, 2.45) is 0 Å². The number of piperazine rings is 1. The molecule has 1 heterocycles. The van der Waals surface area contributed by atoms with Crippen LogP contribution in [0.5, 0.6) is 5.75 Å². The van der Waals surface area contributed by atoms with E-state index in [1.165, 1.54) is 4.31 Å². The van der Waals surface area contributed by atoms with Gasteiger partial charge >= 0.3 is 0 Å². The Labute approximate surface area is 156 Å². The predicted octanol–water partition coefficient (Wildman–Crippen LogP) is 1.18. The molecule has 2 rings (SSSR count). The van der Waals surface area contributed by atoms with Crippen LogP contribution in [0.1, 0.15) is 19.8 Å². The van der Waals surface area contributed by atoms with Gasteiger partial charge in [-0.2, -0.15) is 4.31 Å². The molecule has 0 spiro atoms. The quantitative estimate of drug-likeness (QED) is 0.576. The number of aliphatic hydroxyl groups is 1. The number of benzene rings is 1.